The van der Waals surface area contributed by atoms with Crippen molar-refractivity contribution in [2.24, 2.45) is 0 Å². The molecule has 2 rings (SSSR count). The Morgan fingerprint density at radius 2 is 1.59 bits per heavy atom. The number of aliphatic hydroxyl groups excluding tert-OH is 1. The highest BCUT2D eigenvalue weighted by Gasteiger charge is 2.02. The Hall–Kier alpha value is -0.900. The third-order valence-electron chi connectivity index (χ3n) is 2.43. The highest BCUT2D eigenvalue weighted by Crippen LogP contribution is 2.31. The number of benzene rings is 2. The third kappa shape index (κ3) is 3.28. The molecular formula is C14H14OS2. The highest BCUT2D eigenvalue weighted by atomic mass is 32.2. The first-order chi connectivity index (χ1) is 8.33. The van der Waals surface area contributed by atoms with Gasteiger partial charge in [-0.15, -0.1) is 11.8 Å². The highest BCUT2D eigenvalue weighted by molar-refractivity contribution is 7.99. The maximum absolute atomic E-state index is 9.26. The van der Waals surface area contributed by atoms with Crippen molar-refractivity contribution < 1.29 is 5.11 Å². The van der Waals surface area contributed by atoms with E-state index in [2.05, 4.69) is 30.5 Å². The van der Waals surface area contributed by atoms with Gasteiger partial charge in [0, 0.05) is 14.7 Å². The van der Waals surface area contributed by atoms with Crippen LogP contribution in [0.4, 0.5) is 0 Å². The maximum Gasteiger partial charge on any atom is 0.0692 e. The molecule has 0 aliphatic heterocycles. The molecule has 3 heteroatoms. The van der Waals surface area contributed by atoms with Gasteiger partial charge in [0.2, 0.25) is 0 Å². The van der Waals surface area contributed by atoms with Crippen molar-refractivity contribution >= 4 is 23.5 Å². The minimum absolute atomic E-state index is 0.0894. The van der Waals surface area contributed by atoms with Crippen molar-refractivity contribution in [3.63, 3.8) is 0 Å². The quantitative estimate of drug-likeness (QED) is 0.839. The number of hydrogen-bond acceptors (Lipinski definition) is 3. The second-order valence-corrected chi connectivity index (χ2v) is 5.54. The molecule has 2 aromatic rings. The molecule has 0 aromatic heterocycles. The molecule has 2 aromatic carbocycles. The van der Waals surface area contributed by atoms with Gasteiger partial charge in [-0.3, -0.25) is 0 Å². The van der Waals surface area contributed by atoms with Gasteiger partial charge in [-0.2, -0.15) is 0 Å². The molecule has 0 heterocycles. The SMILES string of the molecule is CSc1ccc(Sc2ccccc2CO)cc1. The van der Waals surface area contributed by atoms with E-state index >= 15 is 0 Å². The van der Waals surface area contributed by atoms with Gasteiger partial charge in [0.15, 0.2) is 0 Å². The van der Waals surface area contributed by atoms with E-state index in [1.165, 1.54) is 9.79 Å². The molecule has 0 radical (unpaired) electrons. The zero-order valence-electron chi connectivity index (χ0n) is 9.59. The van der Waals surface area contributed by atoms with Gasteiger partial charge in [0.05, 0.1) is 6.61 Å². The first-order valence-corrected chi connectivity index (χ1v) is 7.38. The van der Waals surface area contributed by atoms with E-state index in [0.29, 0.717) is 0 Å². The van der Waals surface area contributed by atoms with E-state index in [-0.39, 0.29) is 6.61 Å². The molecule has 88 valence electrons. The number of hydrogen-bond donors (Lipinski definition) is 1. The Morgan fingerprint density at radius 3 is 2.24 bits per heavy atom. The predicted molar refractivity (Wildman–Crippen MR) is 74.7 cm³/mol. The topological polar surface area (TPSA) is 20.2 Å². The van der Waals surface area contributed by atoms with Crippen LogP contribution >= 0.6 is 23.5 Å². The Bertz CT molecular complexity index is 480. The summed E-state index contributed by atoms with van der Waals surface area (Å²) in [4.78, 5) is 3.58. The largest absolute Gasteiger partial charge is 0.392 e. The standard InChI is InChI=1S/C14H14OS2/c1-16-12-6-8-13(9-7-12)17-14-5-3-2-4-11(14)10-15/h2-9,15H,10H2,1H3. The molecule has 0 unspecified atom stereocenters. The lowest BCUT2D eigenvalue weighted by Gasteiger charge is -2.07. The average molecular weight is 262 g/mol. The minimum Gasteiger partial charge on any atom is -0.392 e. The van der Waals surface area contributed by atoms with Crippen molar-refractivity contribution in [3.8, 4) is 0 Å². The van der Waals surface area contributed by atoms with E-state index in [9.17, 15) is 5.11 Å². The van der Waals surface area contributed by atoms with Gasteiger partial charge in [0.25, 0.3) is 0 Å². The maximum atomic E-state index is 9.26. The van der Waals surface area contributed by atoms with E-state index in [1.807, 2.05) is 24.3 Å². The second kappa shape index (κ2) is 6.15. The number of rotatable bonds is 4. The molecule has 1 N–H and O–H groups in total. The van der Waals surface area contributed by atoms with Crippen LogP contribution in [0.3, 0.4) is 0 Å². The summed E-state index contributed by atoms with van der Waals surface area (Å²) >= 11 is 3.43. The lowest BCUT2D eigenvalue weighted by atomic mass is 10.2. The summed E-state index contributed by atoms with van der Waals surface area (Å²) in [5, 5.41) is 9.26. The summed E-state index contributed by atoms with van der Waals surface area (Å²) in [7, 11) is 0. The van der Waals surface area contributed by atoms with Crippen LogP contribution < -0.4 is 0 Å². The molecule has 17 heavy (non-hydrogen) atoms. The molecule has 0 amide bonds. The molecule has 0 saturated carbocycles. The summed E-state index contributed by atoms with van der Waals surface area (Å²) in [6.45, 7) is 0.0894. The lowest BCUT2D eigenvalue weighted by Crippen LogP contribution is -1.86. The Balaban J connectivity index is 2.19. The van der Waals surface area contributed by atoms with Crippen molar-refractivity contribution in [1.29, 1.82) is 0 Å². The molecule has 0 aliphatic rings. The van der Waals surface area contributed by atoms with Crippen molar-refractivity contribution in [2.45, 2.75) is 21.3 Å². The van der Waals surface area contributed by atoms with Crippen LogP contribution in [0.15, 0.2) is 63.2 Å². The van der Waals surface area contributed by atoms with Crippen LogP contribution in [-0.4, -0.2) is 11.4 Å². The van der Waals surface area contributed by atoms with Gasteiger partial charge in [-0.25, -0.2) is 0 Å². The Labute approximate surface area is 110 Å². The van der Waals surface area contributed by atoms with Crippen molar-refractivity contribution in [1.82, 2.24) is 0 Å². The van der Waals surface area contributed by atoms with Gasteiger partial charge >= 0.3 is 0 Å². The second-order valence-electron chi connectivity index (χ2n) is 3.54. The Morgan fingerprint density at radius 1 is 0.941 bits per heavy atom. The molecule has 0 fully saturated rings. The van der Waals surface area contributed by atoms with E-state index in [0.717, 1.165) is 10.5 Å². The van der Waals surface area contributed by atoms with E-state index in [1.54, 1.807) is 23.5 Å². The van der Waals surface area contributed by atoms with Gasteiger partial charge < -0.3 is 5.11 Å². The molecule has 0 atom stereocenters. The monoisotopic (exact) mass is 262 g/mol. The van der Waals surface area contributed by atoms with E-state index in [4.69, 9.17) is 0 Å². The number of thioether (sulfide) groups is 1. The van der Waals surface area contributed by atoms with Crippen LogP contribution in [0.5, 0.6) is 0 Å². The van der Waals surface area contributed by atoms with Crippen molar-refractivity contribution in [3.05, 3.63) is 54.1 Å². The van der Waals surface area contributed by atoms with E-state index < -0.39 is 0 Å². The van der Waals surface area contributed by atoms with Gasteiger partial charge in [0.1, 0.15) is 0 Å². The number of aliphatic hydroxyl groups is 1. The lowest BCUT2D eigenvalue weighted by molar-refractivity contribution is 0.279. The van der Waals surface area contributed by atoms with Crippen LogP contribution in [0, 0.1) is 0 Å². The van der Waals surface area contributed by atoms with Crippen molar-refractivity contribution in [2.75, 3.05) is 6.26 Å². The zero-order chi connectivity index (χ0) is 12.1. The van der Waals surface area contributed by atoms with Crippen LogP contribution in [0.25, 0.3) is 0 Å². The summed E-state index contributed by atoms with van der Waals surface area (Å²) < 4.78 is 0. The van der Waals surface area contributed by atoms with Gasteiger partial charge in [-0.05, 0) is 42.2 Å². The fourth-order valence-electron chi connectivity index (χ4n) is 1.50. The van der Waals surface area contributed by atoms with Crippen LogP contribution in [0.1, 0.15) is 5.56 Å². The summed E-state index contributed by atoms with van der Waals surface area (Å²) in [6.07, 6.45) is 2.07. The first kappa shape index (κ1) is 12.6. The minimum atomic E-state index is 0.0894. The summed E-state index contributed by atoms with van der Waals surface area (Å²) in [6, 6.07) is 16.4. The average Bonchev–Trinajstić information content (AvgIpc) is 2.40. The molecule has 0 spiro atoms. The normalized spacial score (nSPS) is 10.5. The molecule has 0 saturated heterocycles. The molecule has 0 bridgehead atoms. The van der Waals surface area contributed by atoms with Gasteiger partial charge in [-0.1, -0.05) is 30.0 Å². The molecular weight excluding hydrogens is 248 g/mol. The van der Waals surface area contributed by atoms with Crippen LogP contribution in [-0.2, 0) is 6.61 Å². The third-order valence-corrected chi connectivity index (χ3v) is 4.30. The van der Waals surface area contributed by atoms with Crippen LogP contribution in [0.2, 0.25) is 0 Å². The summed E-state index contributed by atoms with van der Waals surface area (Å²) in [5.41, 5.74) is 0.978. The zero-order valence-corrected chi connectivity index (χ0v) is 11.2. The smallest absolute Gasteiger partial charge is 0.0692 e. The first-order valence-electron chi connectivity index (χ1n) is 5.34. The predicted octanol–water partition coefficient (Wildman–Crippen LogP) is 4.05. The summed E-state index contributed by atoms with van der Waals surface area (Å²) in [5.74, 6) is 0. The fraction of sp³-hybridized carbons (Fsp3) is 0.143. The fourth-order valence-corrected chi connectivity index (χ4v) is 2.85. The molecule has 0 aliphatic carbocycles. The Kier molecular flexibility index (Phi) is 4.54. The molecule has 1 nitrogen and oxygen atoms in total.